The van der Waals surface area contributed by atoms with Gasteiger partial charge in [0.05, 0.1) is 17.7 Å². The number of nitrogens with two attached hydrogens (primary N) is 1. The molecule has 3 aromatic rings. The number of hydrogen-bond acceptors (Lipinski definition) is 4. The quantitative estimate of drug-likeness (QED) is 0.175. The molecule has 2 amide bonds. The second kappa shape index (κ2) is 12.5. The van der Waals surface area contributed by atoms with Crippen LogP contribution in [0.5, 0.6) is 0 Å². The summed E-state index contributed by atoms with van der Waals surface area (Å²) in [6, 6.07) is 7.59. The summed E-state index contributed by atoms with van der Waals surface area (Å²) >= 11 is 0. The Labute approximate surface area is 231 Å². The summed E-state index contributed by atoms with van der Waals surface area (Å²) in [7, 11) is 0. The van der Waals surface area contributed by atoms with Gasteiger partial charge in [0.1, 0.15) is 0 Å². The van der Waals surface area contributed by atoms with Gasteiger partial charge in [0.15, 0.2) is 0 Å². The number of halogens is 8. The minimum atomic E-state index is -5.08. The molecule has 0 saturated carbocycles. The third kappa shape index (κ3) is 7.35. The van der Waals surface area contributed by atoms with Crippen molar-refractivity contribution in [2.75, 3.05) is 26.2 Å². The zero-order valence-corrected chi connectivity index (χ0v) is 21.7. The predicted molar refractivity (Wildman–Crippen MR) is 137 cm³/mol. The number of fused-ring (bicyclic) bond motifs is 1. The molecule has 7 nitrogen and oxygen atoms in total. The molecule has 2 aromatic carbocycles. The number of aromatic nitrogens is 1. The van der Waals surface area contributed by atoms with E-state index in [9.17, 15) is 35.9 Å². The van der Waals surface area contributed by atoms with Crippen molar-refractivity contribution >= 4 is 47.5 Å². The molecule has 214 valence electrons. The van der Waals surface area contributed by atoms with E-state index in [-0.39, 0.29) is 63.5 Å². The Morgan fingerprint density at radius 1 is 0.974 bits per heavy atom. The second-order valence-corrected chi connectivity index (χ2v) is 8.81. The van der Waals surface area contributed by atoms with Crippen LogP contribution in [0.1, 0.15) is 27.0 Å². The van der Waals surface area contributed by atoms with Crippen molar-refractivity contribution in [2.45, 2.75) is 24.8 Å². The Bertz CT molecular complexity index is 1280. The first kappa shape index (κ1) is 32.2. The fraction of sp³-hybridized carbons (Fsp3) is 0.333. The molecule has 0 aliphatic carbocycles. The van der Waals surface area contributed by atoms with Gasteiger partial charge >= 0.3 is 12.4 Å². The van der Waals surface area contributed by atoms with E-state index < -0.39 is 46.9 Å². The van der Waals surface area contributed by atoms with Gasteiger partial charge in [-0.15, -0.1) is 24.8 Å². The SMILES string of the molecule is Cl.Cl.NNC(=O)CN1CCN(C(=O)c2cc(C(F)(F)F)cc(C(F)(F)F)c2)[C@H](Cc2c[nH]c3ccccc23)C1. The van der Waals surface area contributed by atoms with Crippen LogP contribution in [0.4, 0.5) is 26.3 Å². The largest absolute Gasteiger partial charge is 0.416 e. The maximum Gasteiger partial charge on any atom is 0.416 e. The number of aromatic amines is 1. The molecule has 4 rings (SSSR count). The van der Waals surface area contributed by atoms with Crippen molar-refractivity contribution in [2.24, 2.45) is 5.84 Å². The second-order valence-electron chi connectivity index (χ2n) is 8.81. The number of carbonyl (C=O) groups is 2. The summed E-state index contributed by atoms with van der Waals surface area (Å²) in [4.78, 5) is 31.3. The number of piperazine rings is 1. The van der Waals surface area contributed by atoms with Gasteiger partial charge < -0.3 is 9.88 Å². The van der Waals surface area contributed by atoms with E-state index in [0.29, 0.717) is 12.1 Å². The fourth-order valence-corrected chi connectivity index (χ4v) is 4.55. The van der Waals surface area contributed by atoms with E-state index in [4.69, 9.17) is 5.84 Å². The van der Waals surface area contributed by atoms with Gasteiger partial charge in [-0.3, -0.25) is 19.9 Å². The van der Waals surface area contributed by atoms with Crippen LogP contribution < -0.4 is 11.3 Å². The number of para-hydroxylation sites is 1. The predicted octanol–water partition coefficient (Wildman–Crippen LogP) is 4.41. The summed E-state index contributed by atoms with van der Waals surface area (Å²) in [6.45, 7) is 0.240. The number of carbonyl (C=O) groups excluding carboxylic acids is 2. The Balaban J connectivity index is 0.00000267. The van der Waals surface area contributed by atoms with E-state index in [1.54, 1.807) is 11.1 Å². The lowest BCUT2D eigenvalue weighted by Crippen LogP contribution is -2.57. The number of alkyl halides is 6. The van der Waals surface area contributed by atoms with Crippen LogP contribution in [-0.4, -0.2) is 58.8 Å². The van der Waals surface area contributed by atoms with Crippen molar-refractivity contribution in [1.82, 2.24) is 20.2 Å². The molecular formula is C24H25Cl2F6N5O2. The first-order chi connectivity index (χ1) is 17.4. The van der Waals surface area contributed by atoms with Crippen molar-refractivity contribution in [3.05, 3.63) is 70.9 Å². The number of hydrazine groups is 1. The van der Waals surface area contributed by atoms with E-state index in [0.717, 1.165) is 16.5 Å². The summed E-state index contributed by atoms with van der Waals surface area (Å²) in [6.07, 6.45) is -8.16. The Morgan fingerprint density at radius 3 is 2.18 bits per heavy atom. The van der Waals surface area contributed by atoms with E-state index in [1.807, 2.05) is 29.7 Å². The van der Waals surface area contributed by atoms with Crippen LogP contribution in [0, 0.1) is 0 Å². The van der Waals surface area contributed by atoms with Crippen molar-refractivity contribution in [3.63, 3.8) is 0 Å². The van der Waals surface area contributed by atoms with Crippen LogP contribution >= 0.6 is 24.8 Å². The average Bonchev–Trinajstić information content (AvgIpc) is 3.25. The average molecular weight is 600 g/mol. The molecule has 0 spiro atoms. The van der Waals surface area contributed by atoms with Gasteiger partial charge in [-0.25, -0.2) is 5.84 Å². The highest BCUT2D eigenvalue weighted by atomic mass is 35.5. The van der Waals surface area contributed by atoms with Crippen LogP contribution in [0.3, 0.4) is 0 Å². The summed E-state index contributed by atoms with van der Waals surface area (Å²) in [5.74, 6) is 3.74. The first-order valence-corrected chi connectivity index (χ1v) is 11.2. The van der Waals surface area contributed by atoms with E-state index >= 15 is 0 Å². The molecular weight excluding hydrogens is 575 g/mol. The molecule has 0 unspecified atom stereocenters. The number of benzene rings is 2. The topological polar surface area (TPSA) is 94.5 Å². The monoisotopic (exact) mass is 599 g/mol. The maximum absolute atomic E-state index is 13.4. The maximum atomic E-state index is 13.4. The zero-order chi connectivity index (χ0) is 27.0. The van der Waals surface area contributed by atoms with Gasteiger partial charge in [0.2, 0.25) is 5.91 Å². The Kier molecular flexibility index (Phi) is 10.3. The number of nitrogens with one attached hydrogen (secondary N) is 2. The fourth-order valence-electron chi connectivity index (χ4n) is 4.55. The van der Waals surface area contributed by atoms with Crippen LogP contribution in [0.25, 0.3) is 10.9 Å². The number of rotatable bonds is 5. The Morgan fingerprint density at radius 2 is 1.59 bits per heavy atom. The summed E-state index contributed by atoms with van der Waals surface area (Å²) in [5, 5.41) is 0.866. The van der Waals surface area contributed by atoms with Crippen LogP contribution in [-0.2, 0) is 23.6 Å². The lowest BCUT2D eigenvalue weighted by atomic mass is 9.98. The molecule has 39 heavy (non-hydrogen) atoms. The lowest BCUT2D eigenvalue weighted by molar-refractivity contribution is -0.143. The van der Waals surface area contributed by atoms with Gasteiger partial charge in [-0.2, -0.15) is 26.3 Å². The molecule has 4 N–H and O–H groups in total. The molecule has 0 radical (unpaired) electrons. The molecule has 1 fully saturated rings. The lowest BCUT2D eigenvalue weighted by Gasteiger charge is -2.41. The van der Waals surface area contributed by atoms with E-state index in [1.165, 1.54) is 4.90 Å². The normalized spacial score (nSPS) is 16.4. The van der Waals surface area contributed by atoms with Crippen molar-refractivity contribution in [1.29, 1.82) is 0 Å². The highest BCUT2D eigenvalue weighted by Gasteiger charge is 2.39. The zero-order valence-electron chi connectivity index (χ0n) is 20.1. The molecule has 1 saturated heterocycles. The molecule has 2 heterocycles. The summed E-state index contributed by atoms with van der Waals surface area (Å²) in [5.41, 5.74) is -0.167. The minimum Gasteiger partial charge on any atom is -0.361 e. The van der Waals surface area contributed by atoms with Crippen LogP contribution in [0.2, 0.25) is 0 Å². The summed E-state index contributed by atoms with van der Waals surface area (Å²) < 4.78 is 80.2. The number of amides is 2. The third-order valence-corrected chi connectivity index (χ3v) is 6.32. The number of H-pyrrole nitrogens is 1. The Hall–Kier alpha value is -3.00. The highest BCUT2D eigenvalue weighted by molar-refractivity contribution is 5.95. The van der Waals surface area contributed by atoms with Crippen LogP contribution in [0.15, 0.2) is 48.7 Å². The molecule has 1 aromatic heterocycles. The van der Waals surface area contributed by atoms with Gasteiger partial charge in [0, 0.05) is 48.3 Å². The van der Waals surface area contributed by atoms with Crippen molar-refractivity contribution in [3.8, 4) is 0 Å². The molecule has 1 atom stereocenters. The van der Waals surface area contributed by atoms with E-state index in [2.05, 4.69) is 4.98 Å². The molecule has 15 heteroatoms. The number of nitrogens with zero attached hydrogens (tertiary/aromatic N) is 2. The van der Waals surface area contributed by atoms with Gasteiger partial charge in [0.25, 0.3) is 5.91 Å². The first-order valence-electron chi connectivity index (χ1n) is 11.2. The number of hydrogen-bond donors (Lipinski definition) is 3. The van der Waals surface area contributed by atoms with Gasteiger partial charge in [-0.1, -0.05) is 18.2 Å². The third-order valence-electron chi connectivity index (χ3n) is 6.32. The van der Waals surface area contributed by atoms with Gasteiger partial charge in [-0.05, 0) is 36.2 Å². The molecule has 0 bridgehead atoms. The minimum absolute atomic E-state index is 0. The van der Waals surface area contributed by atoms with Crippen molar-refractivity contribution < 1.29 is 35.9 Å². The standard InChI is InChI=1S/C24H23F6N5O2.2ClH/c25-23(26,27)16-7-14(8-17(10-16)24(28,29)30)22(37)35-6-5-34(13-21(36)33-31)12-18(35)9-15-11-32-20-4-2-1-3-19(15)20;;/h1-4,7-8,10-11,18,32H,5-6,9,12-13,31H2,(H,33,36);2*1H/t18-;;/m1../s1. The smallest absolute Gasteiger partial charge is 0.361 e. The molecule has 1 aliphatic heterocycles. The molecule has 1 aliphatic rings. The highest BCUT2D eigenvalue weighted by Crippen LogP contribution is 2.37.